The number of aliphatic hydroxyl groups is 1. The maximum atomic E-state index is 9.29. The fourth-order valence-corrected chi connectivity index (χ4v) is 1.72. The standard InChI is InChI=1S/C12H15NO2/c1-8(14)5-10-6-9-3-4-11(15-2)7-12(9)13-10/h3-4,6-8,13-14H,5H2,1-2H3/t8-/m1/s1. The summed E-state index contributed by atoms with van der Waals surface area (Å²) in [4.78, 5) is 3.26. The molecule has 0 spiro atoms. The summed E-state index contributed by atoms with van der Waals surface area (Å²) in [5.41, 5.74) is 2.10. The van der Waals surface area contributed by atoms with Gasteiger partial charge in [-0.3, -0.25) is 0 Å². The van der Waals surface area contributed by atoms with Gasteiger partial charge in [0.15, 0.2) is 0 Å². The quantitative estimate of drug-likeness (QED) is 0.806. The van der Waals surface area contributed by atoms with Crippen molar-refractivity contribution in [1.29, 1.82) is 0 Å². The molecule has 0 aliphatic carbocycles. The third-order valence-electron chi connectivity index (χ3n) is 2.40. The summed E-state index contributed by atoms with van der Waals surface area (Å²) in [6.07, 6.45) is 0.330. The largest absolute Gasteiger partial charge is 0.497 e. The van der Waals surface area contributed by atoms with Crippen molar-refractivity contribution in [2.24, 2.45) is 0 Å². The van der Waals surface area contributed by atoms with E-state index in [1.54, 1.807) is 14.0 Å². The van der Waals surface area contributed by atoms with Gasteiger partial charge in [0, 0.05) is 23.7 Å². The first-order chi connectivity index (χ1) is 7.19. The van der Waals surface area contributed by atoms with Gasteiger partial charge in [-0.25, -0.2) is 0 Å². The van der Waals surface area contributed by atoms with Gasteiger partial charge < -0.3 is 14.8 Å². The second-order valence-electron chi connectivity index (χ2n) is 3.80. The van der Waals surface area contributed by atoms with Crippen molar-refractivity contribution in [3.05, 3.63) is 30.0 Å². The Kier molecular flexibility index (Phi) is 2.64. The molecule has 1 aromatic carbocycles. The first kappa shape index (κ1) is 10.1. The summed E-state index contributed by atoms with van der Waals surface area (Å²) in [5, 5.41) is 10.4. The lowest BCUT2D eigenvalue weighted by molar-refractivity contribution is 0.194. The Balaban J connectivity index is 2.37. The van der Waals surface area contributed by atoms with Crippen LogP contribution in [0.4, 0.5) is 0 Å². The Morgan fingerprint density at radius 1 is 1.40 bits per heavy atom. The number of benzene rings is 1. The predicted molar refractivity (Wildman–Crippen MR) is 60.2 cm³/mol. The van der Waals surface area contributed by atoms with Crippen LogP contribution in [0.3, 0.4) is 0 Å². The maximum Gasteiger partial charge on any atom is 0.120 e. The Bertz CT molecular complexity index is 460. The minimum Gasteiger partial charge on any atom is -0.497 e. The van der Waals surface area contributed by atoms with Crippen molar-refractivity contribution in [2.45, 2.75) is 19.4 Å². The van der Waals surface area contributed by atoms with E-state index in [9.17, 15) is 5.11 Å². The Hall–Kier alpha value is -1.48. The lowest BCUT2D eigenvalue weighted by atomic mass is 10.2. The van der Waals surface area contributed by atoms with Crippen molar-refractivity contribution in [1.82, 2.24) is 4.98 Å². The molecule has 1 aromatic heterocycles. The molecule has 3 heteroatoms. The minimum atomic E-state index is -0.319. The van der Waals surface area contributed by atoms with Crippen LogP contribution >= 0.6 is 0 Å². The number of rotatable bonds is 3. The first-order valence-electron chi connectivity index (χ1n) is 5.03. The molecule has 0 saturated carbocycles. The van der Waals surface area contributed by atoms with Gasteiger partial charge >= 0.3 is 0 Å². The molecule has 0 amide bonds. The van der Waals surface area contributed by atoms with Crippen LogP contribution in [0.1, 0.15) is 12.6 Å². The average molecular weight is 205 g/mol. The number of H-pyrrole nitrogens is 1. The molecule has 0 aliphatic rings. The second-order valence-corrected chi connectivity index (χ2v) is 3.80. The van der Waals surface area contributed by atoms with Crippen molar-refractivity contribution in [3.63, 3.8) is 0 Å². The van der Waals surface area contributed by atoms with Crippen molar-refractivity contribution in [3.8, 4) is 5.75 Å². The highest BCUT2D eigenvalue weighted by Crippen LogP contribution is 2.21. The van der Waals surface area contributed by atoms with Gasteiger partial charge in [0.25, 0.3) is 0 Å². The summed E-state index contributed by atoms with van der Waals surface area (Å²) in [6.45, 7) is 1.78. The lowest BCUT2D eigenvalue weighted by Gasteiger charge is -1.99. The van der Waals surface area contributed by atoms with E-state index in [0.717, 1.165) is 22.3 Å². The number of aromatic amines is 1. The number of fused-ring (bicyclic) bond motifs is 1. The molecule has 0 aliphatic heterocycles. The normalized spacial score (nSPS) is 13.0. The molecule has 0 unspecified atom stereocenters. The van der Waals surface area contributed by atoms with Crippen LogP contribution in [0.15, 0.2) is 24.3 Å². The minimum absolute atomic E-state index is 0.319. The van der Waals surface area contributed by atoms with Crippen LogP contribution < -0.4 is 4.74 Å². The SMILES string of the molecule is COc1ccc2cc(C[C@@H](C)O)[nH]c2c1. The molecule has 0 bridgehead atoms. The summed E-state index contributed by atoms with van der Waals surface area (Å²) in [7, 11) is 1.65. The first-order valence-corrected chi connectivity index (χ1v) is 5.03. The van der Waals surface area contributed by atoms with Crippen molar-refractivity contribution in [2.75, 3.05) is 7.11 Å². The van der Waals surface area contributed by atoms with Crippen LogP contribution in [0.5, 0.6) is 5.75 Å². The number of methoxy groups -OCH3 is 1. The van der Waals surface area contributed by atoms with Gasteiger partial charge in [-0.15, -0.1) is 0 Å². The average Bonchev–Trinajstić information content (AvgIpc) is 2.57. The predicted octanol–water partition coefficient (Wildman–Crippen LogP) is 2.10. The van der Waals surface area contributed by atoms with Crippen LogP contribution in [-0.2, 0) is 6.42 Å². The van der Waals surface area contributed by atoms with E-state index in [2.05, 4.69) is 11.1 Å². The zero-order chi connectivity index (χ0) is 10.8. The molecule has 3 nitrogen and oxygen atoms in total. The van der Waals surface area contributed by atoms with Gasteiger partial charge in [-0.2, -0.15) is 0 Å². The van der Waals surface area contributed by atoms with Gasteiger partial charge in [0.05, 0.1) is 13.2 Å². The van der Waals surface area contributed by atoms with E-state index in [1.807, 2.05) is 18.2 Å². The van der Waals surface area contributed by atoms with E-state index < -0.39 is 0 Å². The Morgan fingerprint density at radius 2 is 2.20 bits per heavy atom. The third-order valence-corrected chi connectivity index (χ3v) is 2.40. The van der Waals surface area contributed by atoms with E-state index >= 15 is 0 Å². The monoisotopic (exact) mass is 205 g/mol. The fourth-order valence-electron chi connectivity index (χ4n) is 1.72. The summed E-state index contributed by atoms with van der Waals surface area (Å²) >= 11 is 0. The van der Waals surface area contributed by atoms with Gasteiger partial charge in [0.1, 0.15) is 5.75 Å². The number of ether oxygens (including phenoxy) is 1. The van der Waals surface area contributed by atoms with E-state index in [-0.39, 0.29) is 6.10 Å². The maximum absolute atomic E-state index is 9.29. The van der Waals surface area contributed by atoms with E-state index in [1.165, 1.54) is 0 Å². The van der Waals surface area contributed by atoms with E-state index in [0.29, 0.717) is 6.42 Å². The van der Waals surface area contributed by atoms with Crippen molar-refractivity contribution < 1.29 is 9.84 Å². The molecule has 0 saturated heterocycles. The summed E-state index contributed by atoms with van der Waals surface area (Å²) in [5.74, 6) is 0.841. The van der Waals surface area contributed by atoms with Crippen LogP contribution in [0.2, 0.25) is 0 Å². The Morgan fingerprint density at radius 3 is 2.87 bits per heavy atom. The number of hydrogen-bond acceptors (Lipinski definition) is 2. The molecule has 1 atom stereocenters. The molecular weight excluding hydrogens is 190 g/mol. The number of aliphatic hydroxyl groups excluding tert-OH is 1. The zero-order valence-corrected chi connectivity index (χ0v) is 8.95. The van der Waals surface area contributed by atoms with Gasteiger partial charge in [-0.05, 0) is 30.5 Å². The Labute approximate surface area is 88.7 Å². The molecule has 15 heavy (non-hydrogen) atoms. The summed E-state index contributed by atoms with van der Waals surface area (Å²) in [6, 6.07) is 7.96. The molecular formula is C12H15NO2. The number of nitrogens with one attached hydrogen (secondary N) is 1. The highest BCUT2D eigenvalue weighted by Gasteiger charge is 2.04. The molecule has 2 rings (SSSR count). The van der Waals surface area contributed by atoms with E-state index in [4.69, 9.17) is 4.74 Å². The molecule has 1 heterocycles. The third kappa shape index (κ3) is 2.13. The highest BCUT2D eigenvalue weighted by atomic mass is 16.5. The number of hydrogen-bond donors (Lipinski definition) is 2. The smallest absolute Gasteiger partial charge is 0.120 e. The topological polar surface area (TPSA) is 45.2 Å². The molecule has 2 N–H and O–H groups in total. The number of aromatic nitrogens is 1. The van der Waals surface area contributed by atoms with Crippen LogP contribution in [0, 0.1) is 0 Å². The lowest BCUT2D eigenvalue weighted by Crippen LogP contribution is -2.03. The molecule has 2 aromatic rings. The highest BCUT2D eigenvalue weighted by molar-refractivity contribution is 5.81. The van der Waals surface area contributed by atoms with Gasteiger partial charge in [-0.1, -0.05) is 0 Å². The zero-order valence-electron chi connectivity index (χ0n) is 8.95. The molecule has 0 fully saturated rings. The van der Waals surface area contributed by atoms with Gasteiger partial charge in [0.2, 0.25) is 0 Å². The van der Waals surface area contributed by atoms with Crippen LogP contribution in [-0.4, -0.2) is 23.3 Å². The fraction of sp³-hybridized carbons (Fsp3) is 0.333. The van der Waals surface area contributed by atoms with Crippen LogP contribution in [0.25, 0.3) is 10.9 Å². The second kappa shape index (κ2) is 3.95. The molecule has 80 valence electrons. The van der Waals surface area contributed by atoms with Crippen molar-refractivity contribution >= 4 is 10.9 Å². The molecule has 0 radical (unpaired) electrons. The summed E-state index contributed by atoms with van der Waals surface area (Å²) < 4.78 is 5.14.